The molecule has 2 aliphatic rings. The van der Waals surface area contributed by atoms with E-state index in [0.29, 0.717) is 6.61 Å². The normalized spacial score (nSPS) is 22.5. The molecule has 2 nitrogen and oxygen atoms in total. The van der Waals surface area contributed by atoms with E-state index in [1.54, 1.807) is 0 Å². The molecule has 0 N–H and O–H groups in total. The van der Waals surface area contributed by atoms with Crippen LogP contribution in [0.1, 0.15) is 30.4 Å². The average Bonchev–Trinajstić information content (AvgIpc) is 2.86. The first kappa shape index (κ1) is 10.8. The first-order chi connectivity index (χ1) is 8.43. The van der Waals surface area contributed by atoms with Crippen LogP contribution in [0, 0.1) is 0 Å². The molecule has 0 aromatic heterocycles. The molecule has 1 aromatic carbocycles. The summed E-state index contributed by atoms with van der Waals surface area (Å²) in [4.78, 5) is 0. The molecule has 0 bridgehead atoms. The number of fused-ring (bicyclic) bond motifs is 1. The molecular formula is C15H18O2. The van der Waals surface area contributed by atoms with Gasteiger partial charge in [0.1, 0.15) is 12.4 Å². The van der Waals surface area contributed by atoms with Crippen LogP contribution in [0.25, 0.3) is 6.08 Å². The van der Waals surface area contributed by atoms with Crippen molar-refractivity contribution in [3.63, 3.8) is 0 Å². The topological polar surface area (TPSA) is 18.5 Å². The molecule has 3 rings (SSSR count). The van der Waals surface area contributed by atoms with Gasteiger partial charge < -0.3 is 9.47 Å². The smallest absolute Gasteiger partial charge is 0.123 e. The molecule has 1 atom stereocenters. The quantitative estimate of drug-likeness (QED) is 0.794. The molecule has 1 saturated heterocycles. The van der Waals surface area contributed by atoms with Gasteiger partial charge in [-0.15, -0.1) is 0 Å². The molecule has 1 aromatic rings. The van der Waals surface area contributed by atoms with E-state index in [4.69, 9.17) is 9.47 Å². The van der Waals surface area contributed by atoms with Crippen molar-refractivity contribution < 1.29 is 9.47 Å². The third kappa shape index (κ3) is 2.37. The van der Waals surface area contributed by atoms with Crippen LogP contribution in [0.3, 0.4) is 0 Å². The van der Waals surface area contributed by atoms with E-state index in [0.717, 1.165) is 25.2 Å². The van der Waals surface area contributed by atoms with Crippen LogP contribution in [-0.4, -0.2) is 19.3 Å². The first-order valence-electron chi connectivity index (χ1n) is 6.46. The Morgan fingerprint density at radius 2 is 2.29 bits per heavy atom. The van der Waals surface area contributed by atoms with Gasteiger partial charge in [0.15, 0.2) is 0 Å². The number of allylic oxidation sites excluding steroid dienone is 1. The van der Waals surface area contributed by atoms with Crippen molar-refractivity contribution >= 4 is 6.08 Å². The van der Waals surface area contributed by atoms with Crippen LogP contribution in [0.4, 0.5) is 0 Å². The van der Waals surface area contributed by atoms with Crippen molar-refractivity contribution in [2.45, 2.75) is 31.8 Å². The molecule has 90 valence electrons. The van der Waals surface area contributed by atoms with Gasteiger partial charge in [0, 0.05) is 12.2 Å². The summed E-state index contributed by atoms with van der Waals surface area (Å²) in [5.41, 5.74) is 2.62. The number of benzene rings is 1. The second-order valence-electron chi connectivity index (χ2n) is 4.73. The van der Waals surface area contributed by atoms with Crippen molar-refractivity contribution in [3.8, 4) is 5.75 Å². The minimum absolute atomic E-state index is 0.286. The Balaban J connectivity index is 1.64. The molecule has 0 amide bonds. The standard InChI is InChI=1S/C15H18O2/c1-2-10-16-13(7-1)11-17-15-9-4-6-12-5-3-8-14(12)15/h3-6,9,13H,1-2,7-8,10-11H2. The Morgan fingerprint density at radius 3 is 3.18 bits per heavy atom. The fourth-order valence-corrected chi connectivity index (χ4v) is 2.52. The molecule has 0 saturated carbocycles. The molecule has 0 radical (unpaired) electrons. The lowest BCUT2D eigenvalue weighted by molar-refractivity contribution is -0.0112. The molecule has 2 heteroatoms. The summed E-state index contributed by atoms with van der Waals surface area (Å²) in [6.45, 7) is 1.58. The van der Waals surface area contributed by atoms with Crippen molar-refractivity contribution in [1.82, 2.24) is 0 Å². The van der Waals surface area contributed by atoms with E-state index in [-0.39, 0.29) is 6.10 Å². The molecule has 1 fully saturated rings. The molecule has 1 aliphatic carbocycles. The van der Waals surface area contributed by atoms with E-state index in [1.165, 1.54) is 24.0 Å². The molecular weight excluding hydrogens is 212 g/mol. The fraction of sp³-hybridized carbons (Fsp3) is 0.467. The SMILES string of the molecule is C1=Cc2cccc(OCC3CCCCO3)c2C1. The van der Waals surface area contributed by atoms with E-state index >= 15 is 0 Å². The zero-order valence-corrected chi connectivity index (χ0v) is 10.0. The highest BCUT2D eigenvalue weighted by molar-refractivity contribution is 5.63. The Hall–Kier alpha value is -1.28. The van der Waals surface area contributed by atoms with Gasteiger partial charge in [0.25, 0.3) is 0 Å². The summed E-state index contributed by atoms with van der Waals surface area (Å²) >= 11 is 0. The monoisotopic (exact) mass is 230 g/mol. The summed E-state index contributed by atoms with van der Waals surface area (Å²) < 4.78 is 11.6. The third-order valence-electron chi connectivity index (χ3n) is 3.49. The van der Waals surface area contributed by atoms with Crippen LogP contribution in [-0.2, 0) is 11.2 Å². The van der Waals surface area contributed by atoms with E-state index in [1.807, 2.05) is 0 Å². The minimum atomic E-state index is 0.286. The van der Waals surface area contributed by atoms with Gasteiger partial charge in [0.05, 0.1) is 6.10 Å². The van der Waals surface area contributed by atoms with Crippen LogP contribution < -0.4 is 4.74 Å². The molecule has 17 heavy (non-hydrogen) atoms. The second kappa shape index (κ2) is 4.92. The molecule has 1 unspecified atom stereocenters. The lowest BCUT2D eigenvalue weighted by atomic mass is 10.1. The minimum Gasteiger partial charge on any atom is -0.491 e. The number of hydrogen-bond donors (Lipinski definition) is 0. The van der Waals surface area contributed by atoms with E-state index in [2.05, 4.69) is 30.4 Å². The maximum absolute atomic E-state index is 5.92. The third-order valence-corrected chi connectivity index (χ3v) is 3.49. The van der Waals surface area contributed by atoms with Crippen LogP contribution in [0.15, 0.2) is 24.3 Å². The van der Waals surface area contributed by atoms with E-state index < -0.39 is 0 Å². The zero-order valence-electron chi connectivity index (χ0n) is 10.0. The van der Waals surface area contributed by atoms with Crippen molar-refractivity contribution in [1.29, 1.82) is 0 Å². The second-order valence-corrected chi connectivity index (χ2v) is 4.73. The maximum Gasteiger partial charge on any atom is 0.123 e. The van der Waals surface area contributed by atoms with E-state index in [9.17, 15) is 0 Å². The highest BCUT2D eigenvalue weighted by Gasteiger charge is 2.16. The molecule has 0 spiro atoms. The van der Waals surface area contributed by atoms with Gasteiger partial charge in [-0.25, -0.2) is 0 Å². The van der Waals surface area contributed by atoms with Gasteiger partial charge >= 0.3 is 0 Å². The van der Waals surface area contributed by atoms with Gasteiger partial charge in [-0.1, -0.05) is 24.3 Å². The average molecular weight is 230 g/mol. The Morgan fingerprint density at radius 1 is 1.29 bits per heavy atom. The highest BCUT2D eigenvalue weighted by atomic mass is 16.5. The summed E-state index contributed by atoms with van der Waals surface area (Å²) in [5.74, 6) is 1.03. The number of ether oxygens (including phenoxy) is 2. The number of hydrogen-bond acceptors (Lipinski definition) is 2. The summed E-state index contributed by atoms with van der Waals surface area (Å²) in [5, 5.41) is 0. The highest BCUT2D eigenvalue weighted by Crippen LogP contribution is 2.29. The predicted octanol–water partition coefficient (Wildman–Crippen LogP) is 3.20. The first-order valence-corrected chi connectivity index (χ1v) is 6.46. The number of rotatable bonds is 3. The zero-order chi connectivity index (χ0) is 11.5. The summed E-state index contributed by atoms with van der Waals surface area (Å²) in [7, 11) is 0. The van der Waals surface area contributed by atoms with Gasteiger partial charge in [-0.3, -0.25) is 0 Å². The fourth-order valence-electron chi connectivity index (χ4n) is 2.52. The van der Waals surface area contributed by atoms with Crippen LogP contribution >= 0.6 is 0 Å². The summed E-state index contributed by atoms with van der Waals surface area (Å²) in [6, 6.07) is 6.27. The Kier molecular flexibility index (Phi) is 3.14. The molecule has 1 aliphatic heterocycles. The molecule has 1 heterocycles. The Bertz CT molecular complexity index is 417. The predicted molar refractivity (Wildman–Crippen MR) is 68.3 cm³/mol. The van der Waals surface area contributed by atoms with Crippen LogP contribution in [0.5, 0.6) is 5.75 Å². The van der Waals surface area contributed by atoms with Gasteiger partial charge in [-0.2, -0.15) is 0 Å². The van der Waals surface area contributed by atoms with Crippen molar-refractivity contribution in [3.05, 3.63) is 35.4 Å². The van der Waals surface area contributed by atoms with Crippen molar-refractivity contribution in [2.24, 2.45) is 0 Å². The van der Waals surface area contributed by atoms with Gasteiger partial charge in [0.2, 0.25) is 0 Å². The van der Waals surface area contributed by atoms with Crippen LogP contribution in [0.2, 0.25) is 0 Å². The Labute approximate surface area is 102 Å². The summed E-state index contributed by atoms with van der Waals surface area (Å²) in [6.07, 6.45) is 9.23. The maximum atomic E-state index is 5.92. The largest absolute Gasteiger partial charge is 0.491 e. The van der Waals surface area contributed by atoms with Crippen molar-refractivity contribution in [2.75, 3.05) is 13.2 Å². The lowest BCUT2D eigenvalue weighted by Gasteiger charge is -2.23. The van der Waals surface area contributed by atoms with Gasteiger partial charge in [-0.05, 0) is 37.3 Å². The lowest BCUT2D eigenvalue weighted by Crippen LogP contribution is -2.26.